The van der Waals surface area contributed by atoms with Crippen molar-refractivity contribution in [1.82, 2.24) is 5.32 Å². The standard InChI is InChI=1S/C14H17N3O2/c1-9(18)10-3-4-12-11(7-10)17(2)8-13(19-12)14-15-5-6-16-14/h3-4,7,13H,5-6,8H2,1-2H3,(H,15,16). The minimum atomic E-state index is -0.0526. The number of ketones is 1. The van der Waals surface area contributed by atoms with Gasteiger partial charge in [0.2, 0.25) is 0 Å². The van der Waals surface area contributed by atoms with E-state index in [2.05, 4.69) is 15.2 Å². The SMILES string of the molecule is CC(=O)c1ccc2c(c1)N(C)CC(C1=NCCN1)O2. The number of nitrogens with zero attached hydrogens (tertiary/aromatic N) is 2. The van der Waals surface area contributed by atoms with E-state index < -0.39 is 0 Å². The predicted octanol–water partition coefficient (Wildman–Crippen LogP) is 1.09. The summed E-state index contributed by atoms with van der Waals surface area (Å²) in [5, 5.41) is 3.25. The second-order valence-electron chi connectivity index (χ2n) is 4.92. The molecular formula is C14H17N3O2. The zero-order chi connectivity index (χ0) is 13.4. The van der Waals surface area contributed by atoms with Gasteiger partial charge in [-0.05, 0) is 25.1 Å². The van der Waals surface area contributed by atoms with Crippen molar-refractivity contribution in [3.63, 3.8) is 0 Å². The molecule has 0 aliphatic carbocycles. The molecule has 0 bridgehead atoms. The van der Waals surface area contributed by atoms with Gasteiger partial charge in [-0.1, -0.05) is 0 Å². The summed E-state index contributed by atoms with van der Waals surface area (Å²) < 4.78 is 5.97. The molecule has 1 N–H and O–H groups in total. The van der Waals surface area contributed by atoms with Crippen LogP contribution < -0.4 is 15.0 Å². The highest BCUT2D eigenvalue weighted by atomic mass is 16.5. The highest BCUT2D eigenvalue weighted by molar-refractivity contribution is 5.96. The Balaban J connectivity index is 1.90. The fraction of sp³-hybridized carbons (Fsp3) is 0.429. The summed E-state index contributed by atoms with van der Waals surface area (Å²) in [6.45, 7) is 4.01. The van der Waals surface area contributed by atoms with Crippen molar-refractivity contribution in [2.75, 3.05) is 31.6 Å². The maximum Gasteiger partial charge on any atom is 0.173 e. The largest absolute Gasteiger partial charge is 0.478 e. The van der Waals surface area contributed by atoms with Gasteiger partial charge in [-0.15, -0.1) is 0 Å². The van der Waals surface area contributed by atoms with Gasteiger partial charge in [0.25, 0.3) is 0 Å². The average molecular weight is 259 g/mol. The second-order valence-corrected chi connectivity index (χ2v) is 4.92. The maximum absolute atomic E-state index is 11.4. The molecule has 0 amide bonds. The summed E-state index contributed by atoms with van der Waals surface area (Å²) in [7, 11) is 2.01. The first-order valence-electron chi connectivity index (χ1n) is 6.46. The lowest BCUT2D eigenvalue weighted by Gasteiger charge is -2.34. The van der Waals surface area contributed by atoms with Crippen LogP contribution in [0.5, 0.6) is 5.75 Å². The molecule has 0 saturated heterocycles. The smallest absolute Gasteiger partial charge is 0.173 e. The van der Waals surface area contributed by atoms with Gasteiger partial charge in [0.15, 0.2) is 11.9 Å². The Bertz CT molecular complexity index is 554. The van der Waals surface area contributed by atoms with Crippen LogP contribution in [0.15, 0.2) is 23.2 Å². The fourth-order valence-corrected chi connectivity index (χ4v) is 2.45. The normalized spacial score (nSPS) is 21.3. The molecule has 1 aromatic carbocycles. The van der Waals surface area contributed by atoms with Crippen LogP contribution in [-0.4, -0.2) is 44.4 Å². The monoisotopic (exact) mass is 259 g/mol. The molecular weight excluding hydrogens is 242 g/mol. The van der Waals surface area contributed by atoms with E-state index in [0.29, 0.717) is 5.56 Å². The summed E-state index contributed by atoms with van der Waals surface area (Å²) in [6.07, 6.45) is -0.0526. The van der Waals surface area contributed by atoms with E-state index in [1.54, 1.807) is 13.0 Å². The Morgan fingerprint density at radius 3 is 3.05 bits per heavy atom. The van der Waals surface area contributed by atoms with Gasteiger partial charge in [0.1, 0.15) is 11.6 Å². The topological polar surface area (TPSA) is 53.9 Å². The zero-order valence-electron chi connectivity index (χ0n) is 11.1. The first-order valence-corrected chi connectivity index (χ1v) is 6.46. The average Bonchev–Trinajstić information content (AvgIpc) is 2.92. The van der Waals surface area contributed by atoms with Gasteiger partial charge in [0.05, 0.1) is 18.8 Å². The number of rotatable bonds is 2. The Labute approximate surface area is 112 Å². The highest BCUT2D eigenvalue weighted by Gasteiger charge is 2.29. The quantitative estimate of drug-likeness (QED) is 0.808. The van der Waals surface area contributed by atoms with Gasteiger partial charge in [-0.2, -0.15) is 0 Å². The van der Waals surface area contributed by atoms with E-state index >= 15 is 0 Å². The lowest BCUT2D eigenvalue weighted by Crippen LogP contribution is -2.46. The second kappa shape index (κ2) is 4.57. The number of likely N-dealkylation sites (N-methyl/N-ethyl adjacent to an activating group) is 1. The van der Waals surface area contributed by atoms with E-state index in [1.165, 1.54) is 0 Å². The van der Waals surface area contributed by atoms with E-state index in [-0.39, 0.29) is 11.9 Å². The molecule has 0 spiro atoms. The third-order valence-electron chi connectivity index (χ3n) is 3.49. The molecule has 5 heteroatoms. The number of hydrogen-bond donors (Lipinski definition) is 1. The molecule has 0 aromatic heterocycles. The van der Waals surface area contributed by atoms with E-state index in [0.717, 1.165) is 36.9 Å². The van der Waals surface area contributed by atoms with Crippen LogP contribution in [0.3, 0.4) is 0 Å². The van der Waals surface area contributed by atoms with Crippen LogP contribution >= 0.6 is 0 Å². The number of fused-ring (bicyclic) bond motifs is 1. The third-order valence-corrected chi connectivity index (χ3v) is 3.49. The first kappa shape index (κ1) is 12.0. The summed E-state index contributed by atoms with van der Waals surface area (Å²) in [5.41, 5.74) is 1.67. The number of benzene rings is 1. The van der Waals surface area contributed by atoms with Gasteiger partial charge in [-0.3, -0.25) is 9.79 Å². The molecule has 1 aromatic rings. The highest BCUT2D eigenvalue weighted by Crippen LogP contribution is 2.33. The van der Waals surface area contributed by atoms with Gasteiger partial charge in [-0.25, -0.2) is 0 Å². The van der Waals surface area contributed by atoms with Crippen molar-refractivity contribution in [1.29, 1.82) is 0 Å². The summed E-state index contributed by atoms with van der Waals surface area (Å²) in [5.74, 6) is 1.80. The van der Waals surface area contributed by atoms with Crippen LogP contribution in [0.4, 0.5) is 5.69 Å². The van der Waals surface area contributed by atoms with Crippen LogP contribution in [-0.2, 0) is 0 Å². The molecule has 3 rings (SSSR count). The number of ether oxygens (including phenoxy) is 1. The molecule has 2 aliphatic heterocycles. The molecule has 5 nitrogen and oxygen atoms in total. The number of anilines is 1. The lowest BCUT2D eigenvalue weighted by molar-refractivity contribution is 0.101. The van der Waals surface area contributed by atoms with Crippen LogP contribution in [0.2, 0.25) is 0 Å². The van der Waals surface area contributed by atoms with Crippen LogP contribution in [0.1, 0.15) is 17.3 Å². The summed E-state index contributed by atoms with van der Waals surface area (Å²) in [4.78, 5) is 17.9. The van der Waals surface area contributed by atoms with Crippen molar-refractivity contribution >= 4 is 17.3 Å². The van der Waals surface area contributed by atoms with Crippen molar-refractivity contribution in [3.8, 4) is 5.75 Å². The number of nitrogens with one attached hydrogen (secondary N) is 1. The number of hydrogen-bond acceptors (Lipinski definition) is 5. The van der Waals surface area contributed by atoms with Gasteiger partial charge >= 0.3 is 0 Å². The maximum atomic E-state index is 11.4. The van der Waals surface area contributed by atoms with Crippen LogP contribution in [0.25, 0.3) is 0 Å². The number of aliphatic imine (C=N–C) groups is 1. The minimum absolute atomic E-state index is 0.0526. The Morgan fingerprint density at radius 2 is 2.37 bits per heavy atom. The predicted molar refractivity (Wildman–Crippen MR) is 74.4 cm³/mol. The van der Waals surface area contributed by atoms with E-state index in [1.807, 2.05) is 19.2 Å². The van der Waals surface area contributed by atoms with E-state index in [4.69, 9.17) is 4.74 Å². The third kappa shape index (κ3) is 2.16. The molecule has 2 aliphatic rings. The number of carbonyl (C=O) groups is 1. The van der Waals surface area contributed by atoms with Crippen molar-refractivity contribution in [2.24, 2.45) is 4.99 Å². The lowest BCUT2D eigenvalue weighted by atomic mass is 10.1. The molecule has 0 fully saturated rings. The van der Waals surface area contributed by atoms with Crippen molar-refractivity contribution < 1.29 is 9.53 Å². The zero-order valence-corrected chi connectivity index (χ0v) is 11.1. The fourth-order valence-electron chi connectivity index (χ4n) is 2.45. The Kier molecular flexibility index (Phi) is 2.89. The van der Waals surface area contributed by atoms with Crippen molar-refractivity contribution in [3.05, 3.63) is 23.8 Å². The molecule has 100 valence electrons. The molecule has 1 unspecified atom stereocenters. The van der Waals surface area contributed by atoms with Crippen LogP contribution in [0, 0.1) is 0 Å². The van der Waals surface area contributed by atoms with Crippen molar-refractivity contribution in [2.45, 2.75) is 13.0 Å². The molecule has 2 heterocycles. The summed E-state index contributed by atoms with van der Waals surface area (Å²) >= 11 is 0. The molecule has 0 saturated carbocycles. The van der Waals surface area contributed by atoms with Gasteiger partial charge < -0.3 is 15.0 Å². The molecule has 19 heavy (non-hydrogen) atoms. The Hall–Kier alpha value is -2.04. The van der Waals surface area contributed by atoms with Gasteiger partial charge in [0, 0.05) is 19.2 Å². The minimum Gasteiger partial charge on any atom is -0.478 e. The Morgan fingerprint density at radius 1 is 1.53 bits per heavy atom. The van der Waals surface area contributed by atoms with E-state index in [9.17, 15) is 4.79 Å². The first-order chi connectivity index (χ1) is 9.15. The molecule has 1 atom stereocenters. The number of Topliss-reactive ketones (excluding diaryl/α,β-unsaturated/α-hetero) is 1. The number of carbonyl (C=O) groups excluding carboxylic acids is 1. The summed E-state index contributed by atoms with van der Waals surface area (Å²) in [6, 6.07) is 5.56. The number of amidine groups is 1. The molecule has 0 radical (unpaired) electrons.